The number of hydrogen-bond donors (Lipinski definition) is 3. The Morgan fingerprint density at radius 2 is 1.85 bits per heavy atom. The van der Waals surface area contributed by atoms with E-state index in [0.29, 0.717) is 30.9 Å². The Kier molecular flexibility index (Phi) is 12.8. The summed E-state index contributed by atoms with van der Waals surface area (Å²) in [6.07, 6.45) is -4.31. The molecule has 1 aliphatic rings. The Hall–Kier alpha value is -2.08. The Balaban J connectivity index is 1.94. The summed E-state index contributed by atoms with van der Waals surface area (Å²) in [6, 6.07) is 5.94. The molecule has 3 atom stereocenters. The number of alkyl halides is 3. The van der Waals surface area contributed by atoms with Gasteiger partial charge >= 0.3 is 6.18 Å². The molecule has 0 aromatic heterocycles. The van der Waals surface area contributed by atoms with E-state index in [9.17, 15) is 27.9 Å². The highest BCUT2D eigenvalue weighted by Crippen LogP contribution is 2.53. The maximum absolute atomic E-state index is 13.4. The van der Waals surface area contributed by atoms with Gasteiger partial charge in [-0.05, 0) is 56.1 Å². The number of aliphatic hydroxyl groups is 1. The molecule has 2 rings (SSSR count). The number of amides is 2. The molecule has 0 spiro atoms. The third-order valence-electron chi connectivity index (χ3n) is 7.40. The predicted molar refractivity (Wildman–Crippen MR) is 142 cm³/mol. The van der Waals surface area contributed by atoms with E-state index >= 15 is 0 Å². The number of carbonyl (C=O) groups excluding carboxylic acids is 2. The third-order valence-corrected chi connectivity index (χ3v) is 7.69. The normalized spacial score (nSPS) is 17.2. The second-order valence-corrected chi connectivity index (χ2v) is 10.9. The Morgan fingerprint density at radius 1 is 1.21 bits per heavy atom. The molecule has 8 nitrogen and oxygen atoms in total. The highest BCUT2D eigenvalue weighted by molar-refractivity contribution is 6.24. The molecule has 1 aromatic rings. The van der Waals surface area contributed by atoms with Gasteiger partial charge in [0, 0.05) is 44.6 Å². The van der Waals surface area contributed by atoms with Crippen LogP contribution in [0.1, 0.15) is 62.7 Å². The number of methoxy groups -OCH3 is 1. The molecule has 1 aromatic carbocycles. The van der Waals surface area contributed by atoms with Gasteiger partial charge in [-0.25, -0.2) is 0 Å². The molecular formula is C27H41ClF3N3O5. The van der Waals surface area contributed by atoms with E-state index in [1.54, 1.807) is 31.4 Å². The molecule has 0 heterocycles. The number of nitrogens with zero attached hydrogens (tertiary/aromatic N) is 1. The van der Waals surface area contributed by atoms with E-state index in [1.807, 2.05) is 13.8 Å². The molecule has 0 radical (unpaired) electrons. The summed E-state index contributed by atoms with van der Waals surface area (Å²) in [5, 5.41) is 12.7. The van der Waals surface area contributed by atoms with Crippen LogP contribution in [0.15, 0.2) is 24.3 Å². The van der Waals surface area contributed by atoms with Gasteiger partial charge in [0.2, 0.25) is 5.91 Å². The molecule has 2 amide bonds. The van der Waals surface area contributed by atoms with Crippen LogP contribution >= 0.6 is 11.8 Å². The van der Waals surface area contributed by atoms with Gasteiger partial charge in [-0.2, -0.15) is 13.2 Å². The number of rotatable bonds is 16. The Labute approximate surface area is 233 Å². The smallest absolute Gasteiger partial charge is 0.403 e. The number of aliphatic hydroxyl groups excluding tert-OH is 1. The molecule has 4 N–H and O–H groups in total. The molecular weight excluding hydrogens is 539 g/mol. The minimum atomic E-state index is -4.64. The van der Waals surface area contributed by atoms with Crippen molar-refractivity contribution < 1.29 is 37.3 Å². The number of carbonyl (C=O) groups is 2. The number of para-hydroxylation sites is 1. The topological polar surface area (TPSA) is 114 Å². The van der Waals surface area contributed by atoms with Gasteiger partial charge in [-0.15, -0.1) is 0 Å². The van der Waals surface area contributed by atoms with Crippen LogP contribution in [0.3, 0.4) is 0 Å². The number of benzene rings is 1. The molecule has 1 fully saturated rings. The minimum Gasteiger partial charge on any atom is -0.493 e. The lowest BCUT2D eigenvalue weighted by Crippen LogP contribution is -2.57. The lowest BCUT2D eigenvalue weighted by molar-refractivity contribution is -0.243. The van der Waals surface area contributed by atoms with Crippen molar-refractivity contribution in [1.29, 1.82) is 0 Å². The molecule has 222 valence electrons. The number of unbranched alkanes of at least 4 members (excludes halogenated alkanes) is 1. The second-order valence-electron chi connectivity index (χ2n) is 10.5. The monoisotopic (exact) mass is 579 g/mol. The largest absolute Gasteiger partial charge is 0.493 e. The van der Waals surface area contributed by atoms with Crippen molar-refractivity contribution in [3.63, 3.8) is 0 Å². The van der Waals surface area contributed by atoms with Crippen LogP contribution in [0, 0.1) is 17.3 Å². The summed E-state index contributed by atoms with van der Waals surface area (Å²) in [5.74, 6) is -1.39. The number of nitrogens with two attached hydrogens (primary N) is 1. The first-order valence-electron chi connectivity index (χ1n) is 13.3. The Bertz CT molecular complexity index is 930. The lowest BCUT2D eigenvalue weighted by atomic mass is 9.67. The van der Waals surface area contributed by atoms with Crippen LogP contribution in [0.25, 0.3) is 0 Å². The van der Waals surface area contributed by atoms with Crippen molar-refractivity contribution in [2.45, 2.75) is 70.7 Å². The molecule has 0 saturated heterocycles. The van der Waals surface area contributed by atoms with Gasteiger partial charge in [0.25, 0.3) is 5.91 Å². The zero-order chi connectivity index (χ0) is 29.2. The highest BCUT2D eigenvalue weighted by atomic mass is 35.5. The summed E-state index contributed by atoms with van der Waals surface area (Å²) >= 11 is 6.41. The van der Waals surface area contributed by atoms with E-state index in [4.69, 9.17) is 27.0 Å². The van der Waals surface area contributed by atoms with Crippen LogP contribution < -0.4 is 15.8 Å². The van der Waals surface area contributed by atoms with Crippen LogP contribution in [0.4, 0.5) is 13.2 Å². The Morgan fingerprint density at radius 3 is 2.41 bits per heavy atom. The first-order valence-corrected chi connectivity index (χ1v) is 13.6. The van der Waals surface area contributed by atoms with E-state index in [1.165, 1.54) is 0 Å². The number of halogens is 4. The van der Waals surface area contributed by atoms with Gasteiger partial charge in [0.1, 0.15) is 11.2 Å². The summed E-state index contributed by atoms with van der Waals surface area (Å²) in [4.78, 5) is 25.4. The van der Waals surface area contributed by atoms with Crippen molar-refractivity contribution in [3.8, 4) is 5.75 Å². The average molecular weight is 580 g/mol. The molecule has 39 heavy (non-hydrogen) atoms. The SMILES string of the molecule is COCCCCOc1ccccc1C(=O)N(Cl)C[C@@H](C[C@H](N)[C@@H](O)CNC(=O)C1(C(F)(F)F)CCC1)C(C)C. The van der Waals surface area contributed by atoms with E-state index in [-0.39, 0.29) is 37.6 Å². The van der Waals surface area contributed by atoms with Gasteiger partial charge in [-0.3, -0.25) is 14.0 Å². The lowest BCUT2D eigenvalue weighted by Gasteiger charge is -2.41. The summed E-state index contributed by atoms with van der Waals surface area (Å²) in [6.45, 7) is 4.58. The first-order chi connectivity index (χ1) is 18.3. The fourth-order valence-electron chi connectivity index (χ4n) is 4.47. The van der Waals surface area contributed by atoms with Gasteiger partial charge in [0.15, 0.2) is 0 Å². The fourth-order valence-corrected chi connectivity index (χ4v) is 4.74. The standard InChI is InChI=1S/C27H41ClF3N3O5/c1-18(2)19(15-21(32)22(35)16-33-25(37)26(11-8-12-26)27(29,30)31)17-34(28)24(36)20-9-4-5-10-23(20)39-14-7-6-13-38-3/h4-5,9-10,18-19,21-22,35H,6-8,11-17,32H2,1-3H3,(H,33,37)/t19-,21+,22+/m1/s1. The van der Waals surface area contributed by atoms with Crippen molar-refractivity contribution in [1.82, 2.24) is 9.74 Å². The van der Waals surface area contributed by atoms with Gasteiger partial charge in [-0.1, -0.05) is 32.4 Å². The van der Waals surface area contributed by atoms with Crippen LogP contribution in [0.2, 0.25) is 0 Å². The van der Waals surface area contributed by atoms with Gasteiger partial charge in [0.05, 0.1) is 18.3 Å². The number of ether oxygens (including phenoxy) is 2. The van der Waals surface area contributed by atoms with Crippen molar-refractivity contribution >= 4 is 23.6 Å². The fraction of sp³-hybridized carbons (Fsp3) is 0.704. The molecule has 12 heteroatoms. The van der Waals surface area contributed by atoms with Crippen molar-refractivity contribution in [3.05, 3.63) is 29.8 Å². The maximum Gasteiger partial charge on any atom is 0.403 e. The zero-order valence-corrected chi connectivity index (χ0v) is 23.6. The maximum atomic E-state index is 13.4. The third kappa shape index (κ3) is 8.96. The van der Waals surface area contributed by atoms with Crippen molar-refractivity contribution in [2.24, 2.45) is 23.0 Å². The minimum absolute atomic E-state index is 0.0163. The zero-order valence-electron chi connectivity index (χ0n) is 22.8. The molecule has 0 aliphatic heterocycles. The molecule has 0 unspecified atom stereocenters. The molecule has 1 saturated carbocycles. The molecule has 1 aliphatic carbocycles. The van der Waals surface area contributed by atoms with Crippen LogP contribution in [-0.4, -0.2) is 73.1 Å². The van der Waals surface area contributed by atoms with E-state index in [2.05, 4.69) is 5.32 Å². The summed E-state index contributed by atoms with van der Waals surface area (Å²) in [5.41, 5.74) is 4.08. The summed E-state index contributed by atoms with van der Waals surface area (Å²) in [7, 11) is 1.63. The van der Waals surface area contributed by atoms with Crippen LogP contribution in [-0.2, 0) is 9.53 Å². The quantitative estimate of drug-likeness (QED) is 0.199. The van der Waals surface area contributed by atoms with E-state index < -0.39 is 42.1 Å². The number of hydrogen-bond acceptors (Lipinski definition) is 6. The van der Waals surface area contributed by atoms with Gasteiger partial charge < -0.3 is 25.6 Å². The predicted octanol–water partition coefficient (Wildman–Crippen LogP) is 4.29. The first kappa shape index (κ1) is 33.1. The average Bonchev–Trinajstić information content (AvgIpc) is 2.84. The van der Waals surface area contributed by atoms with Crippen LogP contribution in [0.5, 0.6) is 5.75 Å². The highest BCUT2D eigenvalue weighted by Gasteiger charge is 2.63. The second kappa shape index (κ2) is 15.1. The number of nitrogens with one attached hydrogen (secondary N) is 1. The van der Waals surface area contributed by atoms with Crippen molar-refractivity contribution in [2.75, 3.05) is 33.4 Å². The molecule has 0 bridgehead atoms. The summed E-state index contributed by atoms with van der Waals surface area (Å²) < 4.78 is 52.0. The van der Waals surface area contributed by atoms with E-state index in [0.717, 1.165) is 17.3 Å².